The molecule has 0 heterocycles. The Morgan fingerprint density at radius 3 is 2.00 bits per heavy atom. The molecule has 0 aromatic carbocycles. The Labute approximate surface area is 125 Å². The lowest BCUT2D eigenvalue weighted by Gasteiger charge is -2.41. The van der Waals surface area contributed by atoms with Gasteiger partial charge in [-0.05, 0) is 49.7 Å². The fraction of sp³-hybridized carbons (Fsp3) is 1.00. The highest BCUT2D eigenvalue weighted by Crippen LogP contribution is 2.39. The van der Waals surface area contributed by atoms with Crippen molar-refractivity contribution >= 4 is 18.4 Å². The maximum Gasteiger partial charge on any atom is 0.264 e. The second-order valence-electron chi connectivity index (χ2n) is 7.51. The van der Waals surface area contributed by atoms with Crippen LogP contribution in [0.15, 0.2) is 0 Å². The van der Waals surface area contributed by atoms with Gasteiger partial charge in [-0.15, -0.1) is 0 Å². The molecule has 0 unspecified atom stereocenters. The molecule has 0 amide bonds. The van der Waals surface area contributed by atoms with Crippen LogP contribution in [0.4, 0.5) is 0 Å². The molecule has 1 saturated carbocycles. The molecule has 1 fully saturated rings. The molecule has 0 spiro atoms. The van der Waals surface area contributed by atoms with Gasteiger partial charge in [0.05, 0.1) is 12.9 Å². The van der Waals surface area contributed by atoms with Gasteiger partial charge in [-0.2, -0.15) is 8.42 Å². The van der Waals surface area contributed by atoms with Crippen molar-refractivity contribution < 1.29 is 17.0 Å². The lowest BCUT2D eigenvalue weighted by Crippen LogP contribution is -2.44. The smallest absolute Gasteiger partial charge is 0.264 e. The van der Waals surface area contributed by atoms with Crippen molar-refractivity contribution in [2.45, 2.75) is 70.7 Å². The van der Waals surface area contributed by atoms with Crippen molar-refractivity contribution in [1.82, 2.24) is 0 Å². The van der Waals surface area contributed by atoms with E-state index in [0.29, 0.717) is 18.6 Å². The molecule has 6 heteroatoms. The maximum atomic E-state index is 11.0. The third-order valence-electron chi connectivity index (χ3n) is 4.58. The molecule has 0 bridgehead atoms. The van der Waals surface area contributed by atoms with E-state index < -0.39 is 18.4 Å². The van der Waals surface area contributed by atoms with Crippen molar-refractivity contribution in [1.29, 1.82) is 0 Å². The zero-order valence-electron chi connectivity index (χ0n) is 13.7. The van der Waals surface area contributed by atoms with Crippen molar-refractivity contribution in [2.75, 3.05) is 12.9 Å². The topological polar surface area (TPSA) is 52.6 Å². The Hall–Kier alpha value is 0.0869. The predicted molar refractivity (Wildman–Crippen MR) is 84.8 cm³/mol. The summed E-state index contributed by atoms with van der Waals surface area (Å²) >= 11 is 0. The Morgan fingerprint density at radius 2 is 1.60 bits per heavy atom. The Bertz CT molecular complexity index is 403. The molecule has 20 heavy (non-hydrogen) atoms. The lowest BCUT2D eigenvalue weighted by atomic mass is 9.88. The van der Waals surface area contributed by atoms with E-state index in [-0.39, 0.29) is 5.04 Å². The first-order valence-electron chi connectivity index (χ1n) is 7.43. The first-order chi connectivity index (χ1) is 8.91. The average molecular weight is 323 g/mol. The van der Waals surface area contributed by atoms with Gasteiger partial charge in [0, 0.05) is 6.10 Å². The molecule has 0 saturated heterocycles. The Balaban J connectivity index is 2.40. The fourth-order valence-corrected chi connectivity index (χ4v) is 4.09. The molecule has 0 aliphatic heterocycles. The SMILES string of the molecule is CC(C)(C)[Si](C)(C)O[C@H]1CC[C@H](COS(C)(=O)=O)CC1. The normalized spacial score (nSPS) is 25.7. The molecule has 1 aliphatic carbocycles. The van der Waals surface area contributed by atoms with Gasteiger partial charge in [-0.1, -0.05) is 20.8 Å². The molecule has 4 nitrogen and oxygen atoms in total. The summed E-state index contributed by atoms with van der Waals surface area (Å²) in [5, 5.41) is 0.239. The zero-order valence-corrected chi connectivity index (χ0v) is 15.5. The second-order valence-corrected chi connectivity index (χ2v) is 13.9. The van der Waals surface area contributed by atoms with Crippen molar-refractivity contribution in [2.24, 2.45) is 5.92 Å². The molecular weight excluding hydrogens is 292 g/mol. The third kappa shape index (κ3) is 5.83. The van der Waals surface area contributed by atoms with E-state index in [9.17, 15) is 8.42 Å². The summed E-state index contributed by atoms with van der Waals surface area (Å²) in [6.45, 7) is 11.7. The molecule has 0 atom stereocenters. The van der Waals surface area contributed by atoms with Crippen LogP contribution in [0.25, 0.3) is 0 Å². The molecule has 120 valence electrons. The summed E-state index contributed by atoms with van der Waals surface area (Å²) in [5.74, 6) is 0.351. The van der Waals surface area contributed by atoms with Crippen LogP contribution in [0.1, 0.15) is 46.5 Å². The predicted octanol–water partition coefficient (Wildman–Crippen LogP) is 3.54. The first kappa shape index (κ1) is 18.1. The van der Waals surface area contributed by atoms with E-state index >= 15 is 0 Å². The monoisotopic (exact) mass is 322 g/mol. The van der Waals surface area contributed by atoms with Crippen molar-refractivity contribution in [3.63, 3.8) is 0 Å². The lowest BCUT2D eigenvalue weighted by molar-refractivity contribution is 0.100. The van der Waals surface area contributed by atoms with Crippen LogP contribution in [0.5, 0.6) is 0 Å². The van der Waals surface area contributed by atoms with Crippen molar-refractivity contribution in [3.05, 3.63) is 0 Å². The molecule has 0 radical (unpaired) electrons. The minimum atomic E-state index is -3.31. The Morgan fingerprint density at radius 1 is 1.10 bits per heavy atom. The number of hydrogen-bond donors (Lipinski definition) is 0. The molecule has 0 aromatic rings. The number of hydrogen-bond acceptors (Lipinski definition) is 4. The summed E-state index contributed by atoms with van der Waals surface area (Å²) in [7, 11) is -5.00. The maximum absolute atomic E-state index is 11.0. The molecule has 1 aliphatic rings. The number of rotatable bonds is 5. The highest BCUT2D eigenvalue weighted by molar-refractivity contribution is 7.85. The first-order valence-corrected chi connectivity index (χ1v) is 12.2. The molecular formula is C14H30O4SSi. The van der Waals surface area contributed by atoms with Gasteiger partial charge in [-0.25, -0.2) is 0 Å². The van der Waals surface area contributed by atoms with Crippen LogP contribution in [0, 0.1) is 5.92 Å². The summed E-state index contributed by atoms with van der Waals surface area (Å²) in [6.07, 6.45) is 5.47. The highest BCUT2D eigenvalue weighted by atomic mass is 32.2. The molecule has 0 N–H and O–H groups in total. The average Bonchev–Trinajstić information content (AvgIpc) is 2.25. The van der Waals surface area contributed by atoms with Gasteiger partial charge >= 0.3 is 0 Å². The third-order valence-corrected chi connectivity index (χ3v) is 9.68. The van der Waals surface area contributed by atoms with E-state index in [4.69, 9.17) is 8.61 Å². The van der Waals surface area contributed by atoms with Gasteiger partial charge in [-0.3, -0.25) is 4.18 Å². The van der Waals surface area contributed by atoms with Gasteiger partial charge < -0.3 is 4.43 Å². The van der Waals surface area contributed by atoms with E-state index in [1.54, 1.807) is 0 Å². The summed E-state index contributed by atoms with van der Waals surface area (Å²) < 4.78 is 33.3. The van der Waals surface area contributed by atoms with Gasteiger partial charge in [0.1, 0.15) is 0 Å². The van der Waals surface area contributed by atoms with Gasteiger partial charge in [0.2, 0.25) is 0 Å². The largest absolute Gasteiger partial charge is 0.414 e. The highest BCUT2D eigenvalue weighted by Gasteiger charge is 2.39. The van der Waals surface area contributed by atoms with Gasteiger partial charge in [0.25, 0.3) is 10.1 Å². The van der Waals surface area contributed by atoms with E-state index in [1.165, 1.54) is 0 Å². The van der Waals surface area contributed by atoms with E-state index in [0.717, 1.165) is 31.9 Å². The van der Waals surface area contributed by atoms with E-state index in [1.807, 2.05) is 0 Å². The van der Waals surface area contributed by atoms with Gasteiger partial charge in [0.15, 0.2) is 8.32 Å². The summed E-state index contributed by atoms with van der Waals surface area (Å²) in [5.41, 5.74) is 0. The molecule has 1 rings (SSSR count). The quantitative estimate of drug-likeness (QED) is 0.574. The fourth-order valence-electron chi connectivity index (χ4n) is 2.23. The second kappa shape index (κ2) is 6.46. The van der Waals surface area contributed by atoms with E-state index in [2.05, 4.69) is 33.9 Å². The minimum Gasteiger partial charge on any atom is -0.414 e. The Kier molecular flexibility index (Phi) is 5.86. The minimum absolute atomic E-state index is 0.239. The van der Waals surface area contributed by atoms with Crippen LogP contribution < -0.4 is 0 Å². The standard InChI is InChI=1S/C14H30O4SSi/c1-14(2,3)20(5,6)18-13-9-7-12(8-10-13)11-17-19(4,15)16/h12-13H,7-11H2,1-6H3/t12-,13-. The van der Waals surface area contributed by atoms with Crippen molar-refractivity contribution in [3.8, 4) is 0 Å². The summed E-state index contributed by atoms with van der Waals surface area (Å²) in [6, 6.07) is 0. The van der Waals surface area contributed by atoms with Crippen LogP contribution in [-0.4, -0.2) is 35.7 Å². The zero-order chi connectivity index (χ0) is 15.6. The van der Waals surface area contributed by atoms with Crippen LogP contribution in [-0.2, 0) is 18.7 Å². The molecule has 0 aromatic heterocycles. The van der Waals surface area contributed by atoms with Crippen LogP contribution in [0.2, 0.25) is 18.1 Å². The summed E-state index contributed by atoms with van der Waals surface area (Å²) in [4.78, 5) is 0. The van der Waals surface area contributed by atoms with Crippen LogP contribution in [0.3, 0.4) is 0 Å². The van der Waals surface area contributed by atoms with Crippen LogP contribution >= 0.6 is 0 Å².